The maximum absolute atomic E-state index is 12.1. The third kappa shape index (κ3) is 11.4. The number of carbonyl (C=O) groups excluding carboxylic acids is 4. The molecule has 4 amide bonds. The van der Waals surface area contributed by atoms with E-state index < -0.39 is 11.7 Å². The third-order valence-electron chi connectivity index (χ3n) is 3.43. The summed E-state index contributed by atoms with van der Waals surface area (Å²) < 4.78 is 5.08. The summed E-state index contributed by atoms with van der Waals surface area (Å²) in [7, 11) is 0. The van der Waals surface area contributed by atoms with Gasteiger partial charge in [-0.2, -0.15) is 0 Å². The van der Waals surface area contributed by atoms with Crippen LogP contribution in [0.5, 0.6) is 0 Å². The molecule has 0 aliphatic rings. The van der Waals surface area contributed by atoms with Crippen LogP contribution in [0.15, 0.2) is 24.3 Å². The second kappa shape index (κ2) is 11.7. The number of carbonyl (C=O) groups is 4. The van der Waals surface area contributed by atoms with E-state index in [-0.39, 0.29) is 30.7 Å². The number of amides is 4. The van der Waals surface area contributed by atoms with E-state index in [0.29, 0.717) is 30.8 Å². The van der Waals surface area contributed by atoms with Gasteiger partial charge in [0.2, 0.25) is 11.8 Å². The Morgan fingerprint density at radius 1 is 0.966 bits per heavy atom. The van der Waals surface area contributed by atoms with Crippen LogP contribution >= 0.6 is 0 Å². The van der Waals surface area contributed by atoms with E-state index in [1.165, 1.54) is 6.92 Å². The molecule has 9 nitrogen and oxygen atoms in total. The van der Waals surface area contributed by atoms with E-state index in [2.05, 4.69) is 21.3 Å². The lowest BCUT2D eigenvalue weighted by Gasteiger charge is -2.19. The molecule has 160 valence electrons. The summed E-state index contributed by atoms with van der Waals surface area (Å²) >= 11 is 0. The van der Waals surface area contributed by atoms with Gasteiger partial charge in [0.05, 0.1) is 0 Å². The average molecular weight is 406 g/mol. The fourth-order valence-electron chi connectivity index (χ4n) is 2.24. The molecule has 0 aliphatic carbocycles. The molecular weight excluding hydrogens is 376 g/mol. The molecule has 0 aliphatic heterocycles. The molecule has 0 aromatic heterocycles. The predicted molar refractivity (Wildman–Crippen MR) is 110 cm³/mol. The molecule has 0 fully saturated rings. The van der Waals surface area contributed by atoms with Crippen LogP contribution in [-0.4, -0.2) is 49.1 Å². The normalized spacial score (nSPS) is 10.6. The number of rotatable bonds is 9. The molecule has 1 aromatic carbocycles. The Morgan fingerprint density at radius 3 is 2.31 bits per heavy atom. The second-order valence-electron chi connectivity index (χ2n) is 7.40. The maximum atomic E-state index is 12.1. The van der Waals surface area contributed by atoms with Gasteiger partial charge in [0.15, 0.2) is 0 Å². The van der Waals surface area contributed by atoms with Gasteiger partial charge < -0.3 is 26.0 Å². The number of anilines is 1. The van der Waals surface area contributed by atoms with Gasteiger partial charge in [0.1, 0.15) is 5.60 Å². The van der Waals surface area contributed by atoms with E-state index in [1.54, 1.807) is 45.0 Å². The summed E-state index contributed by atoms with van der Waals surface area (Å²) in [6, 6.07) is 6.63. The highest BCUT2D eigenvalue weighted by molar-refractivity contribution is 5.96. The van der Waals surface area contributed by atoms with Crippen molar-refractivity contribution in [2.45, 2.75) is 46.1 Å². The smallest absolute Gasteiger partial charge is 0.407 e. The summed E-state index contributed by atoms with van der Waals surface area (Å²) in [5.74, 6) is -0.667. The molecule has 0 heterocycles. The Hall–Kier alpha value is -3.10. The maximum Gasteiger partial charge on any atom is 0.407 e. The van der Waals surface area contributed by atoms with Crippen molar-refractivity contribution in [3.05, 3.63) is 29.8 Å². The van der Waals surface area contributed by atoms with Crippen molar-refractivity contribution in [1.82, 2.24) is 16.0 Å². The van der Waals surface area contributed by atoms with Gasteiger partial charge >= 0.3 is 6.09 Å². The molecule has 4 N–H and O–H groups in total. The zero-order valence-electron chi connectivity index (χ0n) is 17.4. The van der Waals surface area contributed by atoms with Gasteiger partial charge in [-0.05, 0) is 45.4 Å². The van der Waals surface area contributed by atoms with E-state index in [9.17, 15) is 19.2 Å². The lowest BCUT2D eigenvalue weighted by molar-refractivity contribution is -0.121. The minimum absolute atomic E-state index is 0.140. The fraction of sp³-hybridized carbons (Fsp3) is 0.500. The summed E-state index contributed by atoms with van der Waals surface area (Å²) in [6.45, 7) is 7.65. The van der Waals surface area contributed by atoms with Gasteiger partial charge in [-0.1, -0.05) is 6.07 Å². The Labute approximate surface area is 170 Å². The zero-order chi connectivity index (χ0) is 21.9. The van der Waals surface area contributed by atoms with Crippen LogP contribution in [0.4, 0.5) is 10.5 Å². The first-order valence-corrected chi connectivity index (χ1v) is 9.46. The second-order valence-corrected chi connectivity index (χ2v) is 7.40. The SMILES string of the molecule is CC(=O)Nc1cccc(C(=O)NCCCNC(=O)CCNC(=O)OC(C)(C)C)c1. The lowest BCUT2D eigenvalue weighted by atomic mass is 10.2. The van der Waals surface area contributed by atoms with Crippen molar-refractivity contribution in [2.24, 2.45) is 0 Å². The van der Waals surface area contributed by atoms with Crippen LogP contribution in [0.3, 0.4) is 0 Å². The van der Waals surface area contributed by atoms with Crippen LogP contribution in [-0.2, 0) is 14.3 Å². The van der Waals surface area contributed by atoms with Crippen molar-refractivity contribution in [2.75, 3.05) is 25.0 Å². The van der Waals surface area contributed by atoms with Crippen molar-refractivity contribution in [3.63, 3.8) is 0 Å². The van der Waals surface area contributed by atoms with Gasteiger partial charge in [-0.15, -0.1) is 0 Å². The van der Waals surface area contributed by atoms with Crippen LogP contribution in [0, 0.1) is 0 Å². The Morgan fingerprint density at radius 2 is 1.66 bits per heavy atom. The third-order valence-corrected chi connectivity index (χ3v) is 3.43. The van der Waals surface area contributed by atoms with Crippen LogP contribution in [0.25, 0.3) is 0 Å². The van der Waals surface area contributed by atoms with Crippen molar-refractivity contribution < 1.29 is 23.9 Å². The molecule has 0 saturated heterocycles. The predicted octanol–water partition coefficient (Wildman–Crippen LogP) is 1.80. The Bertz CT molecular complexity index is 728. The molecule has 0 atom stereocenters. The van der Waals surface area contributed by atoms with Gasteiger partial charge in [-0.25, -0.2) is 4.79 Å². The molecular formula is C20H30N4O5. The van der Waals surface area contributed by atoms with Crippen LogP contribution < -0.4 is 21.3 Å². The minimum atomic E-state index is -0.581. The van der Waals surface area contributed by atoms with Crippen LogP contribution in [0.1, 0.15) is 50.9 Å². The summed E-state index contributed by atoms with van der Waals surface area (Å²) in [5, 5.41) is 10.6. The number of hydrogen-bond donors (Lipinski definition) is 4. The molecule has 0 unspecified atom stereocenters. The molecule has 0 bridgehead atoms. The molecule has 0 spiro atoms. The topological polar surface area (TPSA) is 126 Å². The Balaban J connectivity index is 2.18. The van der Waals surface area contributed by atoms with E-state index in [0.717, 1.165) is 0 Å². The lowest BCUT2D eigenvalue weighted by Crippen LogP contribution is -2.35. The van der Waals surface area contributed by atoms with Gasteiger partial charge in [0, 0.05) is 44.2 Å². The average Bonchev–Trinajstić information content (AvgIpc) is 2.59. The van der Waals surface area contributed by atoms with Crippen LogP contribution in [0.2, 0.25) is 0 Å². The number of alkyl carbamates (subject to hydrolysis) is 1. The first-order valence-electron chi connectivity index (χ1n) is 9.46. The molecule has 0 radical (unpaired) electrons. The number of hydrogen-bond acceptors (Lipinski definition) is 5. The molecule has 29 heavy (non-hydrogen) atoms. The summed E-state index contributed by atoms with van der Waals surface area (Å²) in [4.78, 5) is 46.4. The Kier molecular flexibility index (Phi) is 9.64. The number of ether oxygens (including phenoxy) is 1. The zero-order valence-corrected chi connectivity index (χ0v) is 17.4. The molecule has 1 aromatic rings. The fourth-order valence-corrected chi connectivity index (χ4v) is 2.24. The van der Waals surface area contributed by atoms with Crippen molar-refractivity contribution >= 4 is 29.5 Å². The highest BCUT2D eigenvalue weighted by atomic mass is 16.6. The van der Waals surface area contributed by atoms with Gasteiger partial charge in [0.25, 0.3) is 5.91 Å². The summed E-state index contributed by atoms with van der Waals surface area (Å²) in [6.07, 6.45) is 0.139. The monoisotopic (exact) mass is 406 g/mol. The van der Waals surface area contributed by atoms with E-state index >= 15 is 0 Å². The van der Waals surface area contributed by atoms with Crippen molar-refractivity contribution in [3.8, 4) is 0 Å². The van der Waals surface area contributed by atoms with Gasteiger partial charge in [-0.3, -0.25) is 14.4 Å². The quantitative estimate of drug-likeness (QED) is 0.465. The van der Waals surface area contributed by atoms with E-state index in [4.69, 9.17) is 4.74 Å². The standard InChI is InChI=1S/C20H30N4O5/c1-14(25)24-16-8-5-7-15(13-16)18(27)22-11-6-10-21-17(26)9-12-23-19(28)29-20(2,3)4/h5,7-8,13H,6,9-12H2,1-4H3,(H,21,26)(H,22,27)(H,23,28)(H,24,25). The van der Waals surface area contributed by atoms with Crippen molar-refractivity contribution in [1.29, 1.82) is 0 Å². The molecule has 0 saturated carbocycles. The highest BCUT2D eigenvalue weighted by Crippen LogP contribution is 2.10. The highest BCUT2D eigenvalue weighted by Gasteiger charge is 2.15. The van der Waals surface area contributed by atoms with E-state index in [1.807, 2.05) is 0 Å². The number of nitrogens with one attached hydrogen (secondary N) is 4. The molecule has 1 rings (SSSR count). The molecule has 9 heteroatoms. The first-order chi connectivity index (χ1) is 13.6. The largest absolute Gasteiger partial charge is 0.444 e. The minimum Gasteiger partial charge on any atom is -0.444 e. The summed E-state index contributed by atoms with van der Waals surface area (Å²) in [5.41, 5.74) is 0.410. The first kappa shape index (κ1) is 23.9. The number of benzene rings is 1.